The highest BCUT2D eigenvalue weighted by atomic mass is 32.1. The third-order valence-electron chi connectivity index (χ3n) is 4.12. The normalized spacial score (nSPS) is 16.8. The summed E-state index contributed by atoms with van der Waals surface area (Å²) < 4.78 is 0. The summed E-state index contributed by atoms with van der Waals surface area (Å²) in [5.41, 5.74) is 7.00. The number of nitrogens with zero attached hydrogens (tertiary/aromatic N) is 1. The molecular weight excluding hydrogens is 338 g/mol. The van der Waals surface area contributed by atoms with Crippen LogP contribution in [0.25, 0.3) is 0 Å². The molecule has 6 nitrogen and oxygen atoms in total. The predicted molar refractivity (Wildman–Crippen MR) is 94.6 cm³/mol. The molecule has 25 heavy (non-hydrogen) atoms. The lowest BCUT2D eigenvalue weighted by Crippen LogP contribution is -2.44. The first-order valence-electron chi connectivity index (χ1n) is 8.00. The number of hydrogen-bond acceptors (Lipinski definition) is 4. The van der Waals surface area contributed by atoms with Gasteiger partial charge in [-0.3, -0.25) is 25.2 Å². The van der Waals surface area contributed by atoms with E-state index in [1.165, 1.54) is 11.3 Å². The molecule has 1 saturated heterocycles. The van der Waals surface area contributed by atoms with E-state index >= 15 is 0 Å². The van der Waals surface area contributed by atoms with E-state index in [4.69, 9.17) is 0 Å². The molecule has 2 aromatic rings. The average Bonchev–Trinajstić information content (AvgIpc) is 3.25. The highest BCUT2D eigenvalue weighted by molar-refractivity contribution is 7.12. The minimum Gasteiger partial charge on any atom is -0.338 e. The summed E-state index contributed by atoms with van der Waals surface area (Å²) >= 11 is 1.29. The molecule has 0 spiro atoms. The van der Waals surface area contributed by atoms with Crippen molar-refractivity contribution in [3.63, 3.8) is 0 Å². The summed E-state index contributed by atoms with van der Waals surface area (Å²) in [6, 6.07) is 11.4. The standard InChI is InChI=1S/C18H19N3O3S/c1-12-4-6-13(7-5-12)10-21-11-14(9-16(21)22)17(23)19-20-18(24)15-3-2-8-25-15/h2-8,14H,9-11H2,1H3,(H,19,23)(H,20,24)/t14-/m0/s1. The molecule has 1 aliphatic heterocycles. The zero-order valence-electron chi connectivity index (χ0n) is 13.8. The predicted octanol–water partition coefficient (Wildman–Crippen LogP) is 1.87. The Labute approximate surface area is 149 Å². The van der Waals surface area contributed by atoms with Crippen LogP contribution in [0.5, 0.6) is 0 Å². The van der Waals surface area contributed by atoms with Crippen molar-refractivity contribution in [2.24, 2.45) is 5.92 Å². The molecule has 0 saturated carbocycles. The number of benzene rings is 1. The molecule has 130 valence electrons. The highest BCUT2D eigenvalue weighted by Crippen LogP contribution is 2.20. The van der Waals surface area contributed by atoms with Gasteiger partial charge in [-0.05, 0) is 23.9 Å². The minimum absolute atomic E-state index is 0.0506. The van der Waals surface area contributed by atoms with Crippen molar-refractivity contribution in [3.05, 3.63) is 57.8 Å². The Morgan fingerprint density at radius 3 is 2.64 bits per heavy atom. The Morgan fingerprint density at radius 1 is 1.20 bits per heavy atom. The first kappa shape index (κ1) is 17.2. The number of aryl methyl sites for hydroxylation is 1. The Hall–Kier alpha value is -2.67. The smallest absolute Gasteiger partial charge is 0.279 e. The molecule has 1 fully saturated rings. The van der Waals surface area contributed by atoms with E-state index in [-0.39, 0.29) is 24.1 Å². The van der Waals surface area contributed by atoms with Gasteiger partial charge in [-0.15, -0.1) is 11.3 Å². The maximum absolute atomic E-state index is 12.2. The summed E-state index contributed by atoms with van der Waals surface area (Å²) in [5, 5.41) is 1.79. The van der Waals surface area contributed by atoms with Crippen LogP contribution < -0.4 is 10.9 Å². The van der Waals surface area contributed by atoms with Gasteiger partial charge in [0.15, 0.2) is 0 Å². The monoisotopic (exact) mass is 357 g/mol. The van der Waals surface area contributed by atoms with Crippen LogP contribution in [0.4, 0.5) is 0 Å². The van der Waals surface area contributed by atoms with E-state index < -0.39 is 5.92 Å². The highest BCUT2D eigenvalue weighted by Gasteiger charge is 2.34. The summed E-state index contributed by atoms with van der Waals surface area (Å²) in [6.07, 6.45) is 0.159. The molecule has 7 heteroatoms. The van der Waals surface area contributed by atoms with Crippen molar-refractivity contribution < 1.29 is 14.4 Å². The maximum atomic E-state index is 12.2. The number of hydrogen-bond donors (Lipinski definition) is 2. The topological polar surface area (TPSA) is 78.5 Å². The second kappa shape index (κ2) is 7.48. The second-order valence-corrected chi connectivity index (χ2v) is 7.03. The van der Waals surface area contributed by atoms with Gasteiger partial charge in [0.05, 0.1) is 10.8 Å². The first-order valence-corrected chi connectivity index (χ1v) is 8.88. The molecule has 3 amide bonds. The van der Waals surface area contributed by atoms with Crippen LogP contribution in [0.1, 0.15) is 27.2 Å². The van der Waals surface area contributed by atoms with E-state index in [1.807, 2.05) is 31.2 Å². The van der Waals surface area contributed by atoms with Gasteiger partial charge in [-0.1, -0.05) is 35.9 Å². The number of rotatable bonds is 4. The van der Waals surface area contributed by atoms with E-state index in [2.05, 4.69) is 10.9 Å². The third kappa shape index (κ3) is 4.24. The van der Waals surface area contributed by atoms with Crippen molar-refractivity contribution >= 4 is 29.1 Å². The van der Waals surface area contributed by atoms with Crippen LogP contribution in [0.2, 0.25) is 0 Å². The van der Waals surface area contributed by atoms with Crippen LogP contribution in [0.15, 0.2) is 41.8 Å². The number of nitrogens with one attached hydrogen (secondary N) is 2. The van der Waals surface area contributed by atoms with E-state index in [0.717, 1.165) is 11.1 Å². The second-order valence-electron chi connectivity index (χ2n) is 6.08. The van der Waals surface area contributed by atoms with Gasteiger partial charge in [-0.2, -0.15) is 0 Å². The fourth-order valence-corrected chi connectivity index (χ4v) is 3.32. The number of amides is 3. The summed E-state index contributed by atoms with van der Waals surface area (Å²) in [5.74, 6) is -1.21. The molecule has 0 aliphatic carbocycles. The first-order chi connectivity index (χ1) is 12.0. The molecule has 0 bridgehead atoms. The zero-order valence-corrected chi connectivity index (χ0v) is 14.6. The van der Waals surface area contributed by atoms with E-state index in [0.29, 0.717) is 18.0 Å². The van der Waals surface area contributed by atoms with Crippen molar-refractivity contribution in [1.82, 2.24) is 15.8 Å². The Bertz CT molecular complexity index is 771. The van der Waals surface area contributed by atoms with Gasteiger partial charge in [-0.25, -0.2) is 0 Å². The molecule has 2 N–H and O–H groups in total. The Morgan fingerprint density at radius 2 is 1.96 bits per heavy atom. The fraction of sp³-hybridized carbons (Fsp3) is 0.278. The quantitative estimate of drug-likeness (QED) is 0.820. The SMILES string of the molecule is Cc1ccc(CN2C[C@@H](C(=O)NNC(=O)c3cccs3)CC2=O)cc1. The molecule has 1 atom stereocenters. The van der Waals surface area contributed by atoms with Crippen LogP contribution in [0, 0.1) is 12.8 Å². The minimum atomic E-state index is -0.457. The fourth-order valence-electron chi connectivity index (χ4n) is 2.70. The van der Waals surface area contributed by atoms with Gasteiger partial charge in [0.2, 0.25) is 11.8 Å². The van der Waals surface area contributed by atoms with Gasteiger partial charge >= 0.3 is 0 Å². The van der Waals surface area contributed by atoms with Crippen molar-refractivity contribution in [2.75, 3.05) is 6.54 Å². The lowest BCUT2D eigenvalue weighted by molar-refractivity contribution is -0.129. The molecule has 1 aromatic heterocycles. The van der Waals surface area contributed by atoms with Crippen molar-refractivity contribution in [1.29, 1.82) is 0 Å². The number of hydrazine groups is 1. The number of thiophene rings is 1. The van der Waals surface area contributed by atoms with Gasteiger partial charge < -0.3 is 4.90 Å². The maximum Gasteiger partial charge on any atom is 0.279 e. The van der Waals surface area contributed by atoms with Gasteiger partial charge in [0.1, 0.15) is 0 Å². The molecule has 1 aliphatic rings. The lowest BCUT2D eigenvalue weighted by Gasteiger charge is -2.17. The molecular formula is C18H19N3O3S. The van der Waals surface area contributed by atoms with Crippen LogP contribution >= 0.6 is 11.3 Å². The lowest BCUT2D eigenvalue weighted by atomic mass is 10.1. The van der Waals surface area contributed by atoms with Crippen LogP contribution in [-0.2, 0) is 16.1 Å². The number of carbonyl (C=O) groups excluding carboxylic acids is 3. The van der Waals surface area contributed by atoms with Crippen LogP contribution in [0.3, 0.4) is 0 Å². The number of likely N-dealkylation sites (tertiary alicyclic amines) is 1. The Kier molecular flexibility index (Phi) is 5.14. The van der Waals surface area contributed by atoms with Crippen molar-refractivity contribution in [3.8, 4) is 0 Å². The summed E-state index contributed by atoms with van der Waals surface area (Å²) in [6.45, 7) is 2.85. The number of carbonyl (C=O) groups is 3. The molecule has 2 heterocycles. The summed E-state index contributed by atoms with van der Waals surface area (Å²) in [4.78, 5) is 38.4. The molecule has 3 rings (SSSR count). The average molecular weight is 357 g/mol. The molecule has 1 aromatic carbocycles. The van der Waals surface area contributed by atoms with E-state index in [9.17, 15) is 14.4 Å². The van der Waals surface area contributed by atoms with Gasteiger partial charge in [0.25, 0.3) is 5.91 Å². The van der Waals surface area contributed by atoms with Crippen LogP contribution in [-0.4, -0.2) is 29.2 Å². The molecule has 0 unspecified atom stereocenters. The zero-order chi connectivity index (χ0) is 17.8. The third-order valence-corrected chi connectivity index (χ3v) is 4.99. The Balaban J connectivity index is 1.52. The largest absolute Gasteiger partial charge is 0.338 e. The van der Waals surface area contributed by atoms with Crippen molar-refractivity contribution in [2.45, 2.75) is 19.9 Å². The van der Waals surface area contributed by atoms with E-state index in [1.54, 1.807) is 22.4 Å². The van der Waals surface area contributed by atoms with Gasteiger partial charge in [0, 0.05) is 19.5 Å². The molecule has 0 radical (unpaired) electrons. The summed E-state index contributed by atoms with van der Waals surface area (Å²) in [7, 11) is 0.